The van der Waals surface area contributed by atoms with Gasteiger partial charge in [-0.05, 0) is 36.4 Å². The number of allylic oxidation sites excluding steroid dienone is 1. The van der Waals surface area contributed by atoms with Gasteiger partial charge in [-0.25, -0.2) is 0 Å². The maximum atomic E-state index is 13.7. The second kappa shape index (κ2) is 9.99. The van der Waals surface area contributed by atoms with Crippen LogP contribution in [0.2, 0.25) is 0 Å². The number of hydrazine groups is 1. The fourth-order valence-electron chi connectivity index (χ4n) is 3.74. The lowest BCUT2D eigenvalue weighted by molar-refractivity contribution is -0.722. The second-order valence-corrected chi connectivity index (χ2v) is 8.76. The molecule has 0 saturated heterocycles. The molecule has 1 aromatic carbocycles. The van der Waals surface area contributed by atoms with Crippen LogP contribution < -0.4 is 10.7 Å². The number of benzene rings is 1. The first-order valence-corrected chi connectivity index (χ1v) is 11.4. The number of anilines is 1. The first-order valence-electron chi connectivity index (χ1n) is 11.4. The fraction of sp³-hybridized carbons (Fsp3) is 0.333. The molecule has 3 heterocycles. The number of halogens is 6. The van der Waals surface area contributed by atoms with Crippen LogP contribution >= 0.6 is 0 Å². The zero-order valence-corrected chi connectivity index (χ0v) is 20.3. The number of carbonyl (C=O) groups is 1. The van der Waals surface area contributed by atoms with Gasteiger partial charge in [-0.2, -0.15) is 31.4 Å². The van der Waals surface area contributed by atoms with E-state index in [0.717, 1.165) is 18.2 Å². The van der Waals surface area contributed by atoms with Crippen molar-refractivity contribution in [1.29, 1.82) is 0 Å². The molecule has 14 heteroatoms. The number of pyridine rings is 1. The molecule has 2 aliphatic heterocycles. The standard InChI is InChI=1S/C24H22F6N6O2/c1-13(2)21(37)38-14(3)35-12-15(20-18(24(28,29)30)5-4-10-31-20)11-19-33-34-22(36(19)35)32-17-8-6-16(7-9-17)23(25,26)27/h4-14,22,32H,1-3H3/p+1. The van der Waals surface area contributed by atoms with Gasteiger partial charge in [0.05, 0.1) is 28.3 Å². The van der Waals surface area contributed by atoms with Gasteiger partial charge in [-0.15, -0.1) is 0 Å². The van der Waals surface area contributed by atoms with Crippen LogP contribution in [0.15, 0.2) is 53.8 Å². The van der Waals surface area contributed by atoms with Crippen LogP contribution in [0.4, 0.5) is 32.0 Å². The number of ether oxygens (including phenoxy) is 1. The lowest BCUT2D eigenvalue weighted by Gasteiger charge is -2.28. The number of aromatic nitrogens is 1. The van der Waals surface area contributed by atoms with Gasteiger partial charge >= 0.3 is 24.5 Å². The van der Waals surface area contributed by atoms with Crippen LogP contribution in [0.25, 0.3) is 5.57 Å². The molecule has 202 valence electrons. The van der Waals surface area contributed by atoms with Crippen molar-refractivity contribution in [2.75, 3.05) is 5.32 Å². The van der Waals surface area contributed by atoms with Gasteiger partial charge < -0.3 is 10.1 Å². The first-order chi connectivity index (χ1) is 17.8. The third-order valence-electron chi connectivity index (χ3n) is 5.62. The number of amidine groups is 1. The van der Waals surface area contributed by atoms with Crippen molar-refractivity contribution in [1.82, 2.24) is 15.4 Å². The van der Waals surface area contributed by atoms with Crippen molar-refractivity contribution in [2.45, 2.75) is 45.6 Å². The third-order valence-corrected chi connectivity index (χ3v) is 5.62. The average molecular weight is 541 g/mol. The number of alkyl halides is 6. The van der Waals surface area contributed by atoms with Crippen LogP contribution in [0.1, 0.15) is 37.6 Å². The molecule has 8 nitrogen and oxygen atoms in total. The number of fused-ring (bicyclic) bond motifs is 1. The normalized spacial score (nSPS) is 18.2. The smallest absolute Gasteiger partial charge is 0.400 e. The summed E-state index contributed by atoms with van der Waals surface area (Å²) in [4.78, 5) is 16.2. The van der Waals surface area contributed by atoms with Crippen LogP contribution in [0.3, 0.4) is 0 Å². The summed E-state index contributed by atoms with van der Waals surface area (Å²) in [7, 11) is 0. The third kappa shape index (κ3) is 5.58. The van der Waals surface area contributed by atoms with Gasteiger partial charge in [-0.3, -0.25) is 15.2 Å². The minimum Gasteiger partial charge on any atom is -0.400 e. The fourth-order valence-corrected chi connectivity index (χ4v) is 3.74. The Hall–Kier alpha value is -4.10. The summed E-state index contributed by atoms with van der Waals surface area (Å²) in [5.74, 6) is -0.873. The predicted molar refractivity (Wildman–Crippen MR) is 125 cm³/mol. The topological polar surface area (TPSA) is 81.9 Å². The summed E-state index contributed by atoms with van der Waals surface area (Å²) < 4.78 is 86.8. The van der Waals surface area contributed by atoms with Crippen LogP contribution in [0.5, 0.6) is 0 Å². The van der Waals surface area contributed by atoms with Gasteiger partial charge in [0.1, 0.15) is 0 Å². The summed E-state index contributed by atoms with van der Waals surface area (Å²) >= 11 is 0. The highest BCUT2D eigenvalue weighted by Crippen LogP contribution is 2.35. The minimum absolute atomic E-state index is 0.0531. The van der Waals surface area contributed by atoms with Gasteiger partial charge in [0.25, 0.3) is 0 Å². The van der Waals surface area contributed by atoms with E-state index < -0.39 is 47.9 Å². The zero-order valence-electron chi connectivity index (χ0n) is 20.3. The molecule has 1 aromatic heterocycles. The number of hydrogen-bond acceptors (Lipinski definition) is 7. The molecule has 0 fully saturated rings. The van der Waals surface area contributed by atoms with Crippen molar-refractivity contribution < 1.29 is 40.6 Å². The van der Waals surface area contributed by atoms with E-state index in [4.69, 9.17) is 4.74 Å². The van der Waals surface area contributed by atoms with Gasteiger partial charge in [-0.1, -0.05) is 23.5 Å². The van der Waals surface area contributed by atoms with E-state index in [1.807, 2.05) is 0 Å². The minimum atomic E-state index is -4.68. The Morgan fingerprint density at radius 2 is 1.76 bits per heavy atom. The average Bonchev–Trinajstić information content (AvgIpc) is 3.25. The molecule has 2 aromatic rings. The quantitative estimate of drug-likeness (QED) is 0.314. The lowest BCUT2D eigenvalue weighted by atomic mass is 10.0. The molecule has 4 rings (SSSR count). The molecule has 0 spiro atoms. The summed E-state index contributed by atoms with van der Waals surface area (Å²) in [6.45, 7) is 4.78. The molecule has 0 saturated carbocycles. The number of esters is 1. The molecule has 0 aliphatic carbocycles. The molecule has 0 bridgehead atoms. The van der Waals surface area contributed by atoms with Crippen LogP contribution in [-0.4, -0.2) is 45.2 Å². The maximum Gasteiger partial charge on any atom is 0.418 e. The highest BCUT2D eigenvalue weighted by atomic mass is 19.4. The van der Waals surface area contributed by atoms with E-state index in [-0.39, 0.29) is 17.1 Å². The Kier molecular flexibility index (Phi) is 7.08. The van der Waals surface area contributed by atoms with Gasteiger partial charge in [0.2, 0.25) is 18.3 Å². The number of rotatable bonds is 6. The summed E-state index contributed by atoms with van der Waals surface area (Å²) in [5.41, 5.74) is 0.972. The summed E-state index contributed by atoms with van der Waals surface area (Å²) in [5, 5.41) is 8.61. The highest BCUT2D eigenvalue weighted by molar-refractivity contribution is 6.17. The summed E-state index contributed by atoms with van der Waals surface area (Å²) in [6, 6.07) is 6.35. The largest absolute Gasteiger partial charge is 0.418 e. The number of nitrogens with zero attached hydrogens (tertiary/aromatic N) is 4. The van der Waals surface area contributed by atoms with Crippen molar-refractivity contribution in [3.8, 4) is 0 Å². The first kappa shape index (κ1) is 26.9. The monoisotopic (exact) mass is 541 g/mol. The Labute approximate surface area is 213 Å². The molecule has 38 heavy (non-hydrogen) atoms. The maximum absolute atomic E-state index is 13.7. The zero-order chi connectivity index (χ0) is 27.8. The number of nitrogens with one attached hydrogen (secondary N) is 2. The molecule has 0 radical (unpaired) electrons. The molecule has 2 aliphatic rings. The van der Waals surface area contributed by atoms with E-state index >= 15 is 0 Å². The van der Waals surface area contributed by atoms with Gasteiger partial charge in [0.15, 0.2) is 0 Å². The predicted octanol–water partition coefficient (Wildman–Crippen LogP) is 4.67. The number of carbonyl (C=O) groups excluding carboxylic acids is 1. The van der Waals surface area contributed by atoms with Crippen molar-refractivity contribution in [2.24, 2.45) is 11.0 Å². The van der Waals surface area contributed by atoms with E-state index in [0.29, 0.717) is 5.69 Å². The van der Waals surface area contributed by atoms with Crippen LogP contribution in [0, 0.1) is 5.92 Å². The Balaban J connectivity index is 1.70. The highest BCUT2D eigenvalue weighted by Gasteiger charge is 2.44. The Morgan fingerprint density at radius 3 is 2.37 bits per heavy atom. The van der Waals surface area contributed by atoms with E-state index in [2.05, 4.69) is 20.8 Å². The molecule has 2 N–H and O–H groups in total. The molecular weight excluding hydrogens is 518 g/mol. The molecule has 2 atom stereocenters. The Morgan fingerprint density at radius 1 is 1.08 bits per heavy atom. The number of hydrogen-bond donors (Lipinski definition) is 2. The lowest BCUT2D eigenvalue weighted by Crippen LogP contribution is -2.55. The Bertz CT molecular complexity index is 1300. The molecular formula is C24H23F6N6O2+. The van der Waals surface area contributed by atoms with E-state index in [1.54, 1.807) is 13.8 Å². The van der Waals surface area contributed by atoms with Gasteiger partial charge in [0, 0.05) is 24.9 Å². The van der Waals surface area contributed by atoms with Crippen molar-refractivity contribution >= 4 is 29.3 Å². The second-order valence-electron chi connectivity index (χ2n) is 8.76. The molecule has 2 unspecified atom stereocenters. The van der Waals surface area contributed by atoms with Crippen molar-refractivity contribution in [3.05, 3.63) is 65.5 Å². The number of hydrazone groups is 2. The van der Waals surface area contributed by atoms with Crippen molar-refractivity contribution in [3.63, 3.8) is 0 Å². The van der Waals surface area contributed by atoms with E-state index in [1.165, 1.54) is 53.3 Å². The van der Waals surface area contributed by atoms with Crippen LogP contribution in [-0.2, 0) is 21.9 Å². The molecule has 0 amide bonds. The SMILES string of the molecule is CC(C)C(=O)OC(C)[N+]1=CC(c2ncccc2C(F)(F)F)=CC2=NNC(Nc3ccc(C(F)(F)F)cc3)N21. The van der Waals surface area contributed by atoms with E-state index in [9.17, 15) is 31.1 Å². The summed E-state index contributed by atoms with van der Waals surface area (Å²) in [6.07, 6.45) is -7.15.